The molecular formula is C17H17N3O2. The maximum Gasteiger partial charge on any atom is 0.252 e. The summed E-state index contributed by atoms with van der Waals surface area (Å²) in [5.41, 5.74) is 0.982. The zero-order valence-electron chi connectivity index (χ0n) is 12.2. The monoisotopic (exact) mass is 295 g/mol. The number of hydrogen-bond acceptors (Lipinski definition) is 3. The molecule has 1 atom stereocenters. The highest BCUT2D eigenvalue weighted by molar-refractivity contribution is 6.06. The Balaban J connectivity index is 1.76. The van der Waals surface area contributed by atoms with Crippen LogP contribution in [0.1, 0.15) is 22.8 Å². The van der Waals surface area contributed by atoms with Crippen molar-refractivity contribution in [1.82, 2.24) is 15.5 Å². The van der Waals surface area contributed by atoms with Crippen molar-refractivity contribution in [2.24, 2.45) is 0 Å². The molecule has 0 aliphatic carbocycles. The van der Waals surface area contributed by atoms with Crippen LogP contribution in [0.2, 0.25) is 0 Å². The van der Waals surface area contributed by atoms with E-state index in [1.165, 1.54) is 0 Å². The van der Waals surface area contributed by atoms with E-state index >= 15 is 0 Å². The number of rotatable bonds is 4. The summed E-state index contributed by atoms with van der Waals surface area (Å²) in [6, 6.07) is 14.7. The molecule has 1 heterocycles. The van der Waals surface area contributed by atoms with Gasteiger partial charge < -0.3 is 10.4 Å². The van der Waals surface area contributed by atoms with Crippen LogP contribution in [0.25, 0.3) is 10.9 Å². The topological polar surface area (TPSA) is 78.0 Å². The van der Waals surface area contributed by atoms with Crippen LogP contribution < -0.4 is 5.32 Å². The molecule has 0 radical (unpaired) electrons. The summed E-state index contributed by atoms with van der Waals surface area (Å²) in [5.74, 6) is -0.233. The maximum atomic E-state index is 12.4. The van der Waals surface area contributed by atoms with E-state index in [9.17, 15) is 9.90 Å². The van der Waals surface area contributed by atoms with Gasteiger partial charge in [0.2, 0.25) is 0 Å². The van der Waals surface area contributed by atoms with Crippen LogP contribution in [0, 0.1) is 0 Å². The number of nitrogens with one attached hydrogen (secondary N) is 2. The third-order valence-electron chi connectivity index (χ3n) is 3.72. The zero-order valence-corrected chi connectivity index (χ0v) is 12.2. The molecule has 112 valence electrons. The van der Waals surface area contributed by atoms with Crippen molar-refractivity contribution < 1.29 is 9.90 Å². The number of fused-ring (bicyclic) bond motifs is 1. The van der Waals surface area contributed by atoms with Crippen LogP contribution in [0.3, 0.4) is 0 Å². The molecule has 1 unspecified atom stereocenters. The van der Waals surface area contributed by atoms with E-state index in [0.717, 1.165) is 16.5 Å². The van der Waals surface area contributed by atoms with E-state index in [2.05, 4.69) is 15.5 Å². The number of aliphatic hydroxyl groups is 1. The number of H-pyrrole nitrogens is 1. The Morgan fingerprint density at radius 1 is 1.23 bits per heavy atom. The van der Waals surface area contributed by atoms with Crippen LogP contribution >= 0.6 is 0 Å². The first-order chi connectivity index (χ1) is 10.6. The number of nitrogens with zero attached hydrogens (tertiary/aromatic N) is 1. The van der Waals surface area contributed by atoms with Crippen molar-refractivity contribution in [1.29, 1.82) is 0 Å². The average molecular weight is 295 g/mol. The molecule has 3 N–H and O–H groups in total. The van der Waals surface area contributed by atoms with Crippen molar-refractivity contribution in [2.45, 2.75) is 12.5 Å². The fraction of sp³-hybridized carbons (Fsp3) is 0.176. The molecule has 0 saturated heterocycles. The van der Waals surface area contributed by atoms with Crippen molar-refractivity contribution in [3.8, 4) is 0 Å². The van der Waals surface area contributed by atoms with Gasteiger partial charge in [0.25, 0.3) is 5.91 Å². The molecule has 0 spiro atoms. The number of carbonyl (C=O) groups is 1. The average Bonchev–Trinajstić information content (AvgIpc) is 3.02. The van der Waals surface area contributed by atoms with E-state index in [1.807, 2.05) is 36.4 Å². The molecule has 1 aromatic heterocycles. The van der Waals surface area contributed by atoms with Gasteiger partial charge in [-0.15, -0.1) is 0 Å². The lowest BCUT2D eigenvalue weighted by Crippen LogP contribution is -2.38. The quantitative estimate of drug-likeness (QED) is 0.690. The van der Waals surface area contributed by atoms with E-state index in [-0.39, 0.29) is 12.5 Å². The van der Waals surface area contributed by atoms with Gasteiger partial charge >= 0.3 is 0 Å². The standard InChI is InChI=1S/C17H17N3O2/c1-17(22,12-6-3-2-4-7-12)11-18-16(21)13-8-5-9-15-14(13)10-19-20-15/h2-10,22H,11H2,1H3,(H,18,21)(H,19,20). The molecular weight excluding hydrogens is 278 g/mol. The Morgan fingerprint density at radius 2 is 2.00 bits per heavy atom. The molecule has 3 rings (SSSR count). The molecule has 1 amide bonds. The van der Waals surface area contributed by atoms with Gasteiger partial charge in [0.05, 0.1) is 23.8 Å². The summed E-state index contributed by atoms with van der Waals surface area (Å²) in [7, 11) is 0. The normalized spacial score (nSPS) is 13.7. The summed E-state index contributed by atoms with van der Waals surface area (Å²) in [5, 5.41) is 20.9. The summed E-state index contributed by atoms with van der Waals surface area (Å²) in [6.07, 6.45) is 1.62. The van der Waals surface area contributed by atoms with Crippen molar-refractivity contribution in [3.63, 3.8) is 0 Å². The molecule has 2 aromatic carbocycles. The Hall–Kier alpha value is -2.66. The van der Waals surface area contributed by atoms with E-state index < -0.39 is 5.60 Å². The largest absolute Gasteiger partial charge is 0.384 e. The fourth-order valence-electron chi connectivity index (χ4n) is 2.41. The van der Waals surface area contributed by atoms with Crippen LogP contribution in [0.5, 0.6) is 0 Å². The Morgan fingerprint density at radius 3 is 2.77 bits per heavy atom. The predicted molar refractivity (Wildman–Crippen MR) is 84.4 cm³/mol. The third-order valence-corrected chi connectivity index (χ3v) is 3.72. The smallest absolute Gasteiger partial charge is 0.252 e. The van der Waals surface area contributed by atoms with Gasteiger partial charge in [-0.3, -0.25) is 9.89 Å². The van der Waals surface area contributed by atoms with E-state index in [1.54, 1.807) is 25.3 Å². The van der Waals surface area contributed by atoms with Crippen molar-refractivity contribution >= 4 is 16.8 Å². The maximum absolute atomic E-state index is 12.4. The first kappa shape index (κ1) is 14.3. The van der Waals surface area contributed by atoms with Gasteiger partial charge in [-0.2, -0.15) is 5.10 Å². The SMILES string of the molecule is CC(O)(CNC(=O)c1cccc2[nH]ncc12)c1ccccc1. The van der Waals surface area contributed by atoms with Crippen molar-refractivity contribution in [2.75, 3.05) is 6.54 Å². The summed E-state index contributed by atoms with van der Waals surface area (Å²) >= 11 is 0. The second kappa shape index (κ2) is 5.61. The number of carbonyl (C=O) groups excluding carboxylic acids is 1. The number of hydrogen-bond donors (Lipinski definition) is 3. The fourth-order valence-corrected chi connectivity index (χ4v) is 2.41. The summed E-state index contributed by atoms with van der Waals surface area (Å²) in [6.45, 7) is 1.81. The minimum atomic E-state index is -1.12. The molecule has 0 saturated carbocycles. The van der Waals surface area contributed by atoms with E-state index in [4.69, 9.17) is 0 Å². The Labute approximate surface area is 128 Å². The molecule has 0 bridgehead atoms. The lowest BCUT2D eigenvalue weighted by Gasteiger charge is -2.24. The van der Waals surface area contributed by atoms with E-state index in [0.29, 0.717) is 5.56 Å². The number of amides is 1. The molecule has 3 aromatic rings. The first-order valence-electron chi connectivity index (χ1n) is 7.06. The molecule has 5 nitrogen and oxygen atoms in total. The van der Waals surface area contributed by atoms with Crippen LogP contribution in [-0.2, 0) is 5.60 Å². The Bertz CT molecular complexity index is 794. The number of aromatic nitrogens is 2. The highest BCUT2D eigenvalue weighted by Crippen LogP contribution is 2.20. The zero-order chi connectivity index (χ0) is 15.6. The minimum Gasteiger partial charge on any atom is -0.384 e. The summed E-state index contributed by atoms with van der Waals surface area (Å²) < 4.78 is 0. The highest BCUT2D eigenvalue weighted by Gasteiger charge is 2.24. The second-order valence-electron chi connectivity index (χ2n) is 5.46. The molecule has 22 heavy (non-hydrogen) atoms. The van der Waals surface area contributed by atoms with Crippen molar-refractivity contribution in [3.05, 3.63) is 65.9 Å². The first-order valence-corrected chi connectivity index (χ1v) is 7.06. The third kappa shape index (κ3) is 2.71. The van der Waals surface area contributed by atoms with Gasteiger partial charge in [-0.05, 0) is 24.6 Å². The number of aromatic amines is 1. The molecule has 0 aliphatic heterocycles. The number of benzene rings is 2. The second-order valence-corrected chi connectivity index (χ2v) is 5.46. The van der Waals surface area contributed by atoms with Gasteiger partial charge in [0.1, 0.15) is 5.60 Å². The Kier molecular flexibility index (Phi) is 3.65. The highest BCUT2D eigenvalue weighted by atomic mass is 16.3. The minimum absolute atomic E-state index is 0.129. The van der Waals surface area contributed by atoms with Gasteiger partial charge in [0.15, 0.2) is 0 Å². The van der Waals surface area contributed by atoms with Crippen LogP contribution in [0.15, 0.2) is 54.7 Å². The molecule has 0 aliphatic rings. The lowest BCUT2D eigenvalue weighted by atomic mass is 9.96. The lowest BCUT2D eigenvalue weighted by molar-refractivity contribution is 0.0527. The predicted octanol–water partition coefficient (Wildman–Crippen LogP) is 2.20. The van der Waals surface area contributed by atoms with Gasteiger partial charge in [-0.1, -0.05) is 36.4 Å². The van der Waals surface area contributed by atoms with Crippen LogP contribution in [0.4, 0.5) is 0 Å². The summed E-state index contributed by atoms with van der Waals surface area (Å²) in [4.78, 5) is 12.4. The molecule has 0 fully saturated rings. The van der Waals surface area contributed by atoms with Crippen LogP contribution in [-0.4, -0.2) is 27.8 Å². The molecule has 5 heteroatoms. The van der Waals surface area contributed by atoms with Gasteiger partial charge in [0, 0.05) is 5.39 Å². The van der Waals surface area contributed by atoms with Gasteiger partial charge in [-0.25, -0.2) is 0 Å².